The zero-order valence-electron chi connectivity index (χ0n) is 15.9. The highest BCUT2D eigenvalue weighted by Gasteiger charge is 2.33. The van der Waals surface area contributed by atoms with E-state index in [1.807, 2.05) is 18.2 Å². The fourth-order valence-corrected chi connectivity index (χ4v) is 4.55. The van der Waals surface area contributed by atoms with Crippen LogP contribution in [0.25, 0.3) is 6.08 Å². The molecule has 2 aromatic rings. The van der Waals surface area contributed by atoms with Crippen molar-refractivity contribution in [2.24, 2.45) is 0 Å². The van der Waals surface area contributed by atoms with Crippen molar-refractivity contribution in [2.45, 2.75) is 13.5 Å². The second kappa shape index (κ2) is 9.82. The van der Waals surface area contributed by atoms with Crippen LogP contribution in [0.4, 0.5) is 0 Å². The van der Waals surface area contributed by atoms with E-state index in [2.05, 4.69) is 21.4 Å². The molecule has 1 fully saturated rings. The number of carbonyl (C=O) groups excluding carboxylic acids is 2. The van der Waals surface area contributed by atoms with Crippen LogP contribution in [0, 0.1) is 0 Å². The summed E-state index contributed by atoms with van der Waals surface area (Å²) in [6.07, 6.45) is 1.67. The highest BCUT2D eigenvalue weighted by Crippen LogP contribution is 2.39. The number of amides is 2. The van der Waals surface area contributed by atoms with E-state index in [0.717, 1.165) is 22.3 Å². The summed E-state index contributed by atoms with van der Waals surface area (Å²) in [4.78, 5) is 24.2. The highest BCUT2D eigenvalue weighted by molar-refractivity contribution is 9.10. The van der Waals surface area contributed by atoms with E-state index in [0.29, 0.717) is 31.5 Å². The molecular weight excluding hydrogens is 512 g/mol. The number of thiocarbonyl (C=S) groups is 1. The Morgan fingerprint density at radius 1 is 1.37 bits per heavy atom. The van der Waals surface area contributed by atoms with Gasteiger partial charge in [-0.05, 0) is 58.0 Å². The van der Waals surface area contributed by atoms with E-state index < -0.39 is 5.91 Å². The summed E-state index contributed by atoms with van der Waals surface area (Å²) in [7, 11) is 1.53. The Balaban J connectivity index is 1.84. The lowest BCUT2D eigenvalue weighted by atomic mass is 10.1. The minimum absolute atomic E-state index is 0.257. The van der Waals surface area contributed by atoms with Gasteiger partial charge < -0.3 is 9.47 Å². The van der Waals surface area contributed by atoms with Gasteiger partial charge in [-0.2, -0.15) is 5.01 Å². The summed E-state index contributed by atoms with van der Waals surface area (Å²) in [5, 5.41) is 1.67. The fourth-order valence-electron chi connectivity index (χ4n) is 2.60. The zero-order valence-corrected chi connectivity index (χ0v) is 19.9. The number of nitrogens with zero attached hydrogens (tertiary/aromatic N) is 1. The average molecular weight is 528 g/mol. The van der Waals surface area contributed by atoms with Crippen molar-refractivity contribution in [3.8, 4) is 11.5 Å². The van der Waals surface area contributed by atoms with Crippen LogP contribution in [0.15, 0.2) is 45.8 Å². The van der Waals surface area contributed by atoms with Gasteiger partial charge in [0.05, 0.1) is 16.5 Å². The van der Waals surface area contributed by atoms with Crippen LogP contribution in [-0.2, 0) is 16.2 Å². The van der Waals surface area contributed by atoms with Crippen molar-refractivity contribution in [2.75, 3.05) is 7.11 Å². The van der Waals surface area contributed by atoms with E-state index in [9.17, 15) is 9.59 Å². The van der Waals surface area contributed by atoms with Gasteiger partial charge in [-0.3, -0.25) is 15.0 Å². The van der Waals surface area contributed by atoms with E-state index in [-0.39, 0.29) is 16.8 Å². The fraction of sp³-hybridized carbons (Fsp3) is 0.150. The molecular formula is C20H16BrClN2O4S2. The van der Waals surface area contributed by atoms with E-state index in [1.165, 1.54) is 14.0 Å². The van der Waals surface area contributed by atoms with Crippen LogP contribution >= 0.6 is 51.5 Å². The second-order valence-electron chi connectivity index (χ2n) is 6.10. The maximum absolute atomic E-state index is 12.5. The first-order chi connectivity index (χ1) is 14.3. The summed E-state index contributed by atoms with van der Waals surface area (Å²) < 4.78 is 12.3. The number of nitrogens with one attached hydrogen (secondary N) is 1. The average Bonchev–Trinajstić information content (AvgIpc) is 2.95. The smallest absolute Gasteiger partial charge is 0.285 e. The molecule has 0 unspecified atom stereocenters. The molecule has 0 aliphatic carbocycles. The van der Waals surface area contributed by atoms with Gasteiger partial charge in [0.1, 0.15) is 6.61 Å². The molecule has 1 aliphatic heterocycles. The molecule has 1 heterocycles. The number of carbonyl (C=O) groups is 2. The number of rotatable bonds is 6. The van der Waals surface area contributed by atoms with Crippen molar-refractivity contribution in [1.29, 1.82) is 0 Å². The number of hydrazine groups is 1. The number of methoxy groups -OCH3 is 1. The van der Waals surface area contributed by atoms with Gasteiger partial charge in [0.2, 0.25) is 5.91 Å². The Bertz CT molecular complexity index is 1060. The van der Waals surface area contributed by atoms with Crippen LogP contribution < -0.4 is 14.9 Å². The Morgan fingerprint density at radius 3 is 2.77 bits per heavy atom. The summed E-state index contributed by atoms with van der Waals surface area (Å²) in [5.74, 6) is 0.228. The van der Waals surface area contributed by atoms with Gasteiger partial charge in [0.15, 0.2) is 15.8 Å². The normalized spacial score (nSPS) is 14.9. The molecule has 0 bridgehead atoms. The van der Waals surface area contributed by atoms with E-state index in [4.69, 9.17) is 33.3 Å². The molecule has 0 saturated carbocycles. The lowest BCUT2D eigenvalue weighted by molar-refractivity contribution is -0.131. The first-order valence-electron chi connectivity index (χ1n) is 8.59. The maximum atomic E-state index is 12.5. The molecule has 2 aromatic carbocycles. The molecule has 1 N–H and O–H groups in total. The molecule has 6 nitrogen and oxygen atoms in total. The number of halogens is 2. The van der Waals surface area contributed by atoms with E-state index >= 15 is 0 Å². The van der Waals surface area contributed by atoms with Crippen molar-refractivity contribution >= 4 is 73.7 Å². The monoisotopic (exact) mass is 526 g/mol. The number of ether oxygens (including phenoxy) is 2. The quantitative estimate of drug-likeness (QED) is 0.424. The molecule has 0 atom stereocenters. The van der Waals surface area contributed by atoms with Crippen molar-refractivity contribution < 1.29 is 19.1 Å². The Morgan fingerprint density at radius 2 is 2.10 bits per heavy atom. The van der Waals surface area contributed by atoms with Crippen LogP contribution in [0.2, 0.25) is 5.02 Å². The number of hydrogen-bond donors (Lipinski definition) is 1. The molecule has 30 heavy (non-hydrogen) atoms. The molecule has 1 aliphatic rings. The van der Waals surface area contributed by atoms with Crippen molar-refractivity contribution in [3.05, 3.63) is 61.9 Å². The van der Waals surface area contributed by atoms with Gasteiger partial charge in [-0.1, -0.05) is 41.6 Å². The van der Waals surface area contributed by atoms with Gasteiger partial charge in [0, 0.05) is 17.5 Å². The van der Waals surface area contributed by atoms with Crippen LogP contribution in [0.5, 0.6) is 11.5 Å². The summed E-state index contributed by atoms with van der Waals surface area (Å²) >= 11 is 16.0. The van der Waals surface area contributed by atoms with Crippen molar-refractivity contribution in [1.82, 2.24) is 10.4 Å². The third-order valence-electron chi connectivity index (χ3n) is 3.94. The SMILES string of the molecule is COc1cc(C=C2SC(=S)N(NC(C)=O)C2=O)cc(Br)c1OCc1ccccc1Cl. The molecule has 3 rings (SSSR count). The molecule has 0 radical (unpaired) electrons. The zero-order chi connectivity index (χ0) is 21.8. The molecule has 156 valence electrons. The lowest BCUT2D eigenvalue weighted by Crippen LogP contribution is -2.43. The van der Waals surface area contributed by atoms with Gasteiger partial charge in [-0.15, -0.1) is 0 Å². The van der Waals surface area contributed by atoms with Crippen LogP contribution in [-0.4, -0.2) is 28.3 Å². The lowest BCUT2D eigenvalue weighted by Gasteiger charge is -2.14. The third-order valence-corrected chi connectivity index (χ3v) is 6.20. The minimum Gasteiger partial charge on any atom is -0.493 e. The number of hydrogen-bond acceptors (Lipinski definition) is 6. The second-order valence-corrected chi connectivity index (χ2v) is 9.04. The standard InChI is InChI=1S/C20H16BrClN2O4S2/c1-11(25)23-24-19(26)17(30-20(24)29)9-12-7-14(21)18(16(8-12)27-2)28-10-13-5-3-4-6-15(13)22/h3-9H,10H2,1-2H3,(H,23,25). The molecule has 0 aromatic heterocycles. The van der Waals surface area contributed by atoms with Gasteiger partial charge in [-0.25, -0.2) is 0 Å². The predicted octanol–water partition coefficient (Wildman–Crippen LogP) is 4.94. The molecule has 0 spiro atoms. The predicted molar refractivity (Wildman–Crippen MR) is 125 cm³/mol. The third kappa shape index (κ3) is 5.15. The van der Waals surface area contributed by atoms with Gasteiger partial charge in [0.25, 0.3) is 5.91 Å². The summed E-state index contributed by atoms with van der Waals surface area (Å²) in [6, 6.07) is 11.0. The molecule has 10 heteroatoms. The topological polar surface area (TPSA) is 67.9 Å². The molecule has 2 amide bonds. The first kappa shape index (κ1) is 22.6. The Hall–Kier alpha value is -2.07. The first-order valence-corrected chi connectivity index (χ1v) is 11.0. The van der Waals surface area contributed by atoms with Gasteiger partial charge >= 0.3 is 0 Å². The van der Waals surface area contributed by atoms with E-state index in [1.54, 1.807) is 24.3 Å². The Kier molecular flexibility index (Phi) is 7.41. The maximum Gasteiger partial charge on any atom is 0.285 e. The molecule has 1 saturated heterocycles. The minimum atomic E-state index is -0.394. The summed E-state index contributed by atoms with van der Waals surface area (Å²) in [6.45, 7) is 1.58. The number of thioether (sulfide) groups is 1. The summed E-state index contributed by atoms with van der Waals surface area (Å²) in [5.41, 5.74) is 3.96. The van der Waals surface area contributed by atoms with Crippen molar-refractivity contribution in [3.63, 3.8) is 0 Å². The van der Waals surface area contributed by atoms with Crippen LogP contribution in [0.1, 0.15) is 18.1 Å². The number of benzene rings is 2. The van der Waals surface area contributed by atoms with Crippen LogP contribution in [0.3, 0.4) is 0 Å². The Labute approximate surface area is 196 Å². The largest absolute Gasteiger partial charge is 0.493 e. The highest BCUT2D eigenvalue weighted by atomic mass is 79.9.